The molecule has 1 aromatic carbocycles. The molecule has 1 saturated heterocycles. The van der Waals surface area contributed by atoms with E-state index in [4.69, 9.17) is 20.8 Å². The minimum Gasteiger partial charge on any atom is -0.441 e. The third kappa shape index (κ3) is 4.81. The number of amides is 1. The molecule has 0 aliphatic carbocycles. The first-order valence-electron chi connectivity index (χ1n) is 8.45. The largest absolute Gasteiger partial charge is 0.441 e. The normalized spacial score (nSPS) is 15.3. The van der Waals surface area contributed by atoms with Gasteiger partial charge < -0.3 is 14.5 Å². The van der Waals surface area contributed by atoms with E-state index in [0.29, 0.717) is 28.9 Å². The summed E-state index contributed by atoms with van der Waals surface area (Å²) in [7, 11) is 0. The topological polar surface area (TPSA) is 67.6 Å². The Morgan fingerprint density at radius 2 is 2.00 bits per heavy atom. The summed E-state index contributed by atoms with van der Waals surface area (Å²) < 4.78 is 10.9. The number of morpholine rings is 1. The van der Waals surface area contributed by atoms with Crippen molar-refractivity contribution in [2.24, 2.45) is 0 Å². The Labute approximate surface area is 152 Å². The molecule has 7 heteroatoms. The van der Waals surface area contributed by atoms with Crippen molar-refractivity contribution in [2.75, 3.05) is 39.4 Å². The van der Waals surface area contributed by atoms with Gasteiger partial charge in [-0.05, 0) is 44.2 Å². The Morgan fingerprint density at radius 1 is 1.28 bits per heavy atom. The molecule has 0 radical (unpaired) electrons. The maximum atomic E-state index is 12.3. The number of carbonyl (C=O) groups excluding carboxylic acids is 1. The first kappa shape index (κ1) is 17.9. The molecular formula is C18H22ClN3O3. The molecule has 0 unspecified atom stereocenters. The van der Waals surface area contributed by atoms with Crippen molar-refractivity contribution in [3.63, 3.8) is 0 Å². The van der Waals surface area contributed by atoms with Crippen LogP contribution in [0.15, 0.2) is 28.7 Å². The van der Waals surface area contributed by atoms with Crippen LogP contribution in [-0.4, -0.2) is 55.2 Å². The SMILES string of the molecule is Cc1oc(-c2ccc(Cl)cc2)nc1C(=O)NCCCN1CCOCC1. The molecule has 1 N–H and O–H groups in total. The molecular weight excluding hydrogens is 342 g/mol. The number of aryl methyl sites for hydroxylation is 1. The van der Waals surface area contributed by atoms with Crippen molar-refractivity contribution in [3.05, 3.63) is 40.7 Å². The highest BCUT2D eigenvalue weighted by Gasteiger charge is 2.18. The summed E-state index contributed by atoms with van der Waals surface area (Å²) in [6.07, 6.45) is 0.896. The van der Waals surface area contributed by atoms with Gasteiger partial charge in [-0.15, -0.1) is 0 Å². The zero-order valence-corrected chi connectivity index (χ0v) is 15.0. The summed E-state index contributed by atoms with van der Waals surface area (Å²) in [6, 6.07) is 7.17. The highest BCUT2D eigenvalue weighted by Crippen LogP contribution is 2.23. The van der Waals surface area contributed by atoms with E-state index >= 15 is 0 Å². The minimum absolute atomic E-state index is 0.205. The van der Waals surface area contributed by atoms with Gasteiger partial charge in [0.2, 0.25) is 5.89 Å². The Balaban J connectivity index is 1.52. The molecule has 1 fully saturated rings. The Morgan fingerprint density at radius 3 is 2.72 bits per heavy atom. The second-order valence-electron chi connectivity index (χ2n) is 5.99. The molecule has 1 aliphatic rings. The molecule has 2 heterocycles. The van der Waals surface area contributed by atoms with Gasteiger partial charge in [-0.1, -0.05) is 11.6 Å². The lowest BCUT2D eigenvalue weighted by Crippen LogP contribution is -2.38. The maximum absolute atomic E-state index is 12.3. The van der Waals surface area contributed by atoms with Crippen LogP contribution in [0.3, 0.4) is 0 Å². The van der Waals surface area contributed by atoms with Crippen LogP contribution in [0.5, 0.6) is 0 Å². The molecule has 0 saturated carbocycles. The van der Waals surface area contributed by atoms with Crippen molar-refractivity contribution in [1.29, 1.82) is 0 Å². The van der Waals surface area contributed by atoms with Crippen molar-refractivity contribution >= 4 is 17.5 Å². The predicted octanol–water partition coefficient (Wildman–Crippen LogP) is 2.76. The summed E-state index contributed by atoms with van der Waals surface area (Å²) in [5.74, 6) is 0.728. The number of nitrogens with one attached hydrogen (secondary N) is 1. The number of aromatic nitrogens is 1. The molecule has 0 bridgehead atoms. The highest BCUT2D eigenvalue weighted by atomic mass is 35.5. The van der Waals surface area contributed by atoms with Gasteiger partial charge in [0.15, 0.2) is 5.69 Å². The number of benzene rings is 1. The Hall–Kier alpha value is -1.89. The number of ether oxygens (including phenoxy) is 1. The molecule has 3 rings (SSSR count). The van der Waals surface area contributed by atoms with Crippen molar-refractivity contribution in [1.82, 2.24) is 15.2 Å². The number of oxazole rings is 1. The van der Waals surface area contributed by atoms with E-state index in [0.717, 1.165) is 44.8 Å². The van der Waals surface area contributed by atoms with Crippen LogP contribution in [0.2, 0.25) is 5.02 Å². The molecule has 0 spiro atoms. The molecule has 6 nitrogen and oxygen atoms in total. The zero-order chi connectivity index (χ0) is 17.6. The lowest BCUT2D eigenvalue weighted by molar-refractivity contribution is 0.0374. The molecule has 1 aromatic heterocycles. The van der Waals surface area contributed by atoms with Crippen LogP contribution < -0.4 is 5.32 Å². The maximum Gasteiger partial charge on any atom is 0.273 e. The number of halogens is 1. The second kappa shape index (κ2) is 8.47. The van der Waals surface area contributed by atoms with Crippen LogP contribution in [-0.2, 0) is 4.74 Å². The molecule has 0 atom stereocenters. The van der Waals surface area contributed by atoms with Crippen molar-refractivity contribution < 1.29 is 13.9 Å². The third-order valence-electron chi connectivity index (χ3n) is 4.14. The molecule has 2 aromatic rings. The molecule has 1 aliphatic heterocycles. The summed E-state index contributed by atoms with van der Waals surface area (Å²) in [5, 5.41) is 3.56. The van der Waals surface area contributed by atoms with Gasteiger partial charge >= 0.3 is 0 Å². The lowest BCUT2D eigenvalue weighted by Gasteiger charge is -2.26. The molecule has 134 valence electrons. The van der Waals surface area contributed by atoms with E-state index in [2.05, 4.69) is 15.2 Å². The van der Waals surface area contributed by atoms with E-state index < -0.39 is 0 Å². The van der Waals surface area contributed by atoms with E-state index in [1.165, 1.54) is 0 Å². The van der Waals surface area contributed by atoms with Crippen molar-refractivity contribution in [3.8, 4) is 11.5 Å². The van der Waals surface area contributed by atoms with E-state index in [-0.39, 0.29) is 5.91 Å². The predicted molar refractivity (Wildman–Crippen MR) is 95.9 cm³/mol. The first-order chi connectivity index (χ1) is 12.1. The van der Waals surface area contributed by atoms with Gasteiger partial charge in [0, 0.05) is 30.2 Å². The van der Waals surface area contributed by atoms with Gasteiger partial charge in [0.05, 0.1) is 13.2 Å². The number of rotatable bonds is 6. The fourth-order valence-electron chi connectivity index (χ4n) is 2.74. The fraction of sp³-hybridized carbons (Fsp3) is 0.444. The molecule has 25 heavy (non-hydrogen) atoms. The van der Waals surface area contributed by atoms with E-state index in [1.807, 2.05) is 12.1 Å². The number of carbonyl (C=O) groups is 1. The van der Waals surface area contributed by atoms with E-state index in [1.54, 1.807) is 19.1 Å². The van der Waals surface area contributed by atoms with Crippen molar-refractivity contribution in [2.45, 2.75) is 13.3 Å². The zero-order valence-electron chi connectivity index (χ0n) is 14.3. The lowest BCUT2D eigenvalue weighted by atomic mass is 10.2. The standard InChI is InChI=1S/C18H22ClN3O3/c1-13-16(21-18(25-13)14-3-5-15(19)6-4-14)17(23)20-7-2-8-22-9-11-24-12-10-22/h3-6H,2,7-12H2,1H3,(H,20,23). The second-order valence-corrected chi connectivity index (χ2v) is 6.43. The van der Waals surface area contributed by atoms with Crippen LogP contribution in [0.4, 0.5) is 0 Å². The van der Waals surface area contributed by atoms with Gasteiger partial charge in [0.1, 0.15) is 5.76 Å². The molecule has 1 amide bonds. The summed E-state index contributed by atoms with van der Waals surface area (Å²) >= 11 is 5.89. The highest BCUT2D eigenvalue weighted by molar-refractivity contribution is 6.30. The Kier molecular flexibility index (Phi) is 6.07. The number of nitrogens with zero attached hydrogens (tertiary/aromatic N) is 2. The third-order valence-corrected chi connectivity index (χ3v) is 4.40. The van der Waals surface area contributed by atoms with Crippen LogP contribution in [0.25, 0.3) is 11.5 Å². The van der Waals surface area contributed by atoms with Crippen LogP contribution in [0.1, 0.15) is 22.7 Å². The summed E-state index contributed by atoms with van der Waals surface area (Å²) in [4.78, 5) is 19.0. The summed E-state index contributed by atoms with van der Waals surface area (Å²) in [6.45, 7) is 6.81. The Bertz CT molecular complexity index is 709. The average molecular weight is 364 g/mol. The quantitative estimate of drug-likeness (QED) is 0.799. The number of hydrogen-bond acceptors (Lipinski definition) is 5. The average Bonchev–Trinajstić information content (AvgIpc) is 3.02. The van der Waals surface area contributed by atoms with Gasteiger partial charge in [-0.3, -0.25) is 9.69 Å². The number of hydrogen-bond donors (Lipinski definition) is 1. The van der Waals surface area contributed by atoms with Crippen LogP contribution in [0, 0.1) is 6.92 Å². The van der Waals surface area contributed by atoms with Gasteiger partial charge in [-0.2, -0.15) is 0 Å². The smallest absolute Gasteiger partial charge is 0.273 e. The summed E-state index contributed by atoms with van der Waals surface area (Å²) in [5.41, 5.74) is 1.12. The van der Waals surface area contributed by atoms with Gasteiger partial charge in [-0.25, -0.2) is 4.98 Å². The first-order valence-corrected chi connectivity index (χ1v) is 8.83. The fourth-order valence-corrected chi connectivity index (χ4v) is 2.86. The van der Waals surface area contributed by atoms with Gasteiger partial charge in [0.25, 0.3) is 5.91 Å². The minimum atomic E-state index is -0.205. The monoisotopic (exact) mass is 363 g/mol. The van der Waals surface area contributed by atoms with Crippen LogP contribution >= 0.6 is 11.6 Å². The van der Waals surface area contributed by atoms with E-state index in [9.17, 15) is 4.79 Å².